The molecule has 1 unspecified atom stereocenters. The fourth-order valence-corrected chi connectivity index (χ4v) is 3.19. The summed E-state index contributed by atoms with van der Waals surface area (Å²) >= 11 is 6.26. The molecule has 1 aliphatic carbocycles. The maximum atomic E-state index is 6.26. The summed E-state index contributed by atoms with van der Waals surface area (Å²) in [5.74, 6) is 0. The number of rotatable bonds is 1. The van der Waals surface area contributed by atoms with E-state index in [0.29, 0.717) is 0 Å². The number of hydrogen-bond acceptors (Lipinski definition) is 1. The van der Waals surface area contributed by atoms with Crippen LogP contribution < -0.4 is 5.73 Å². The molecule has 1 aliphatic rings. The quantitative estimate of drug-likeness (QED) is 0.834. The minimum atomic E-state index is 0.185. The van der Waals surface area contributed by atoms with Crippen molar-refractivity contribution in [2.24, 2.45) is 5.73 Å². The molecule has 0 bridgehead atoms. The van der Waals surface area contributed by atoms with Gasteiger partial charge in [-0.2, -0.15) is 0 Å². The van der Waals surface area contributed by atoms with E-state index in [1.54, 1.807) is 0 Å². The number of benzene rings is 1. The van der Waals surface area contributed by atoms with Gasteiger partial charge in [-0.15, -0.1) is 0 Å². The molecule has 2 aromatic rings. The van der Waals surface area contributed by atoms with Gasteiger partial charge in [0.25, 0.3) is 0 Å². The van der Waals surface area contributed by atoms with E-state index in [1.807, 2.05) is 13.0 Å². The predicted molar refractivity (Wildman–Crippen MR) is 80.1 cm³/mol. The Morgan fingerprint density at radius 1 is 1.26 bits per heavy atom. The molecule has 0 saturated carbocycles. The number of halogens is 1. The average molecular weight is 275 g/mol. The largest absolute Gasteiger partial charge is 0.324 e. The summed E-state index contributed by atoms with van der Waals surface area (Å²) in [5.41, 5.74) is 12.4. The Labute approximate surface area is 119 Å². The third kappa shape index (κ3) is 2.09. The van der Waals surface area contributed by atoms with Gasteiger partial charge in [-0.25, -0.2) is 0 Å². The maximum absolute atomic E-state index is 6.26. The summed E-state index contributed by atoms with van der Waals surface area (Å²) in [5, 5.41) is 0.819. The van der Waals surface area contributed by atoms with E-state index in [9.17, 15) is 0 Å². The fraction of sp³-hybridized carbons (Fsp3) is 0.375. The smallest absolute Gasteiger partial charge is 0.0470 e. The van der Waals surface area contributed by atoms with Crippen molar-refractivity contribution in [3.05, 3.63) is 51.8 Å². The van der Waals surface area contributed by atoms with E-state index in [-0.39, 0.29) is 6.04 Å². The number of aromatic nitrogens is 1. The Hall–Kier alpha value is -1.25. The molecule has 0 aliphatic heterocycles. The van der Waals surface area contributed by atoms with Crippen LogP contribution in [0.5, 0.6) is 0 Å². The van der Waals surface area contributed by atoms with Crippen LogP contribution in [0.2, 0.25) is 5.02 Å². The number of hydrogen-bond donors (Lipinski definition) is 1. The Balaban J connectivity index is 2.17. The van der Waals surface area contributed by atoms with Crippen molar-refractivity contribution in [1.82, 2.24) is 4.57 Å². The molecule has 3 rings (SSSR count). The van der Waals surface area contributed by atoms with Gasteiger partial charge in [0.05, 0.1) is 0 Å². The summed E-state index contributed by atoms with van der Waals surface area (Å²) in [4.78, 5) is 0. The molecule has 1 aromatic carbocycles. The first kappa shape index (κ1) is 12.8. The van der Waals surface area contributed by atoms with Crippen molar-refractivity contribution in [3.8, 4) is 5.69 Å². The SMILES string of the molecule is Cc1ccc(-n2c(C)cc3c2CCCC3N)cc1Cl. The second-order valence-electron chi connectivity index (χ2n) is 5.46. The van der Waals surface area contributed by atoms with E-state index in [2.05, 4.69) is 29.7 Å². The number of nitrogens with two attached hydrogens (primary N) is 1. The van der Waals surface area contributed by atoms with Crippen LogP contribution in [0, 0.1) is 13.8 Å². The highest BCUT2D eigenvalue weighted by atomic mass is 35.5. The highest BCUT2D eigenvalue weighted by Crippen LogP contribution is 2.33. The zero-order chi connectivity index (χ0) is 13.6. The molecular formula is C16H19ClN2. The molecule has 2 N–H and O–H groups in total. The molecule has 1 aromatic heterocycles. The Kier molecular flexibility index (Phi) is 3.15. The van der Waals surface area contributed by atoms with Crippen molar-refractivity contribution in [3.63, 3.8) is 0 Å². The first-order valence-electron chi connectivity index (χ1n) is 6.81. The molecule has 1 atom stereocenters. The van der Waals surface area contributed by atoms with E-state index in [0.717, 1.165) is 35.5 Å². The molecular weight excluding hydrogens is 256 g/mol. The van der Waals surface area contributed by atoms with Crippen molar-refractivity contribution in [2.45, 2.75) is 39.2 Å². The van der Waals surface area contributed by atoms with Gasteiger partial charge in [0, 0.05) is 28.1 Å². The maximum Gasteiger partial charge on any atom is 0.0470 e. The molecule has 19 heavy (non-hydrogen) atoms. The molecule has 0 radical (unpaired) electrons. The zero-order valence-electron chi connectivity index (χ0n) is 11.4. The van der Waals surface area contributed by atoms with Crippen molar-refractivity contribution >= 4 is 11.6 Å². The third-order valence-corrected chi connectivity index (χ3v) is 4.47. The number of nitrogens with zero attached hydrogens (tertiary/aromatic N) is 1. The fourth-order valence-electron chi connectivity index (χ4n) is 3.02. The van der Waals surface area contributed by atoms with Gasteiger partial charge in [0.1, 0.15) is 0 Å². The molecule has 0 saturated heterocycles. The molecule has 100 valence electrons. The lowest BCUT2D eigenvalue weighted by molar-refractivity contribution is 0.560. The summed E-state index contributed by atoms with van der Waals surface area (Å²) in [6, 6.07) is 8.67. The van der Waals surface area contributed by atoms with Crippen LogP contribution in [0.4, 0.5) is 0 Å². The van der Waals surface area contributed by atoms with Crippen LogP contribution in [0.1, 0.15) is 41.4 Å². The molecule has 0 fully saturated rings. The summed E-state index contributed by atoms with van der Waals surface area (Å²) < 4.78 is 2.31. The zero-order valence-corrected chi connectivity index (χ0v) is 12.2. The summed E-state index contributed by atoms with van der Waals surface area (Å²) in [6.45, 7) is 4.17. The van der Waals surface area contributed by atoms with E-state index in [4.69, 9.17) is 17.3 Å². The van der Waals surface area contributed by atoms with Gasteiger partial charge in [-0.3, -0.25) is 0 Å². The van der Waals surface area contributed by atoms with Crippen LogP contribution in [-0.2, 0) is 6.42 Å². The lowest BCUT2D eigenvalue weighted by atomic mass is 9.93. The third-order valence-electron chi connectivity index (χ3n) is 4.06. The van der Waals surface area contributed by atoms with E-state index in [1.165, 1.54) is 17.0 Å². The van der Waals surface area contributed by atoms with Gasteiger partial charge in [-0.05, 0) is 62.4 Å². The van der Waals surface area contributed by atoms with E-state index >= 15 is 0 Å². The normalized spacial score (nSPS) is 18.4. The molecule has 0 spiro atoms. The Morgan fingerprint density at radius 2 is 2.05 bits per heavy atom. The van der Waals surface area contributed by atoms with Crippen LogP contribution in [0.15, 0.2) is 24.3 Å². The Bertz CT molecular complexity index is 628. The first-order chi connectivity index (χ1) is 9.08. The van der Waals surface area contributed by atoms with Crippen LogP contribution in [-0.4, -0.2) is 4.57 Å². The molecule has 0 amide bonds. The molecule has 1 heterocycles. The summed E-state index contributed by atoms with van der Waals surface area (Å²) in [6.07, 6.45) is 3.35. The molecule has 2 nitrogen and oxygen atoms in total. The average Bonchev–Trinajstić information content (AvgIpc) is 2.71. The van der Waals surface area contributed by atoms with Gasteiger partial charge in [0.15, 0.2) is 0 Å². The minimum absolute atomic E-state index is 0.185. The van der Waals surface area contributed by atoms with Gasteiger partial charge in [0.2, 0.25) is 0 Å². The predicted octanol–water partition coefficient (Wildman–Crippen LogP) is 4.08. The first-order valence-corrected chi connectivity index (χ1v) is 7.19. The standard InChI is InChI=1S/C16H19ClN2/c1-10-6-7-12(9-14(10)17)19-11(2)8-13-15(18)4-3-5-16(13)19/h6-9,15H,3-5,18H2,1-2H3. The number of fused-ring (bicyclic) bond motifs is 1. The van der Waals surface area contributed by atoms with Crippen molar-refractivity contribution in [2.75, 3.05) is 0 Å². The van der Waals surface area contributed by atoms with E-state index < -0.39 is 0 Å². The van der Waals surface area contributed by atoms with Gasteiger partial charge >= 0.3 is 0 Å². The van der Waals surface area contributed by atoms with Crippen LogP contribution in [0.3, 0.4) is 0 Å². The van der Waals surface area contributed by atoms with Crippen LogP contribution >= 0.6 is 11.6 Å². The Morgan fingerprint density at radius 3 is 2.79 bits per heavy atom. The summed E-state index contributed by atoms with van der Waals surface area (Å²) in [7, 11) is 0. The number of aryl methyl sites for hydroxylation is 2. The van der Waals surface area contributed by atoms with Crippen molar-refractivity contribution in [1.29, 1.82) is 0 Å². The highest BCUT2D eigenvalue weighted by Gasteiger charge is 2.22. The van der Waals surface area contributed by atoms with Crippen molar-refractivity contribution < 1.29 is 0 Å². The lowest BCUT2D eigenvalue weighted by Gasteiger charge is -2.21. The second kappa shape index (κ2) is 4.69. The van der Waals surface area contributed by atoms with Gasteiger partial charge < -0.3 is 10.3 Å². The topological polar surface area (TPSA) is 30.9 Å². The van der Waals surface area contributed by atoms with Gasteiger partial charge in [-0.1, -0.05) is 17.7 Å². The molecule has 3 heteroatoms. The second-order valence-corrected chi connectivity index (χ2v) is 5.86. The highest BCUT2D eigenvalue weighted by molar-refractivity contribution is 6.31. The monoisotopic (exact) mass is 274 g/mol. The van der Waals surface area contributed by atoms with Crippen LogP contribution in [0.25, 0.3) is 5.69 Å². The lowest BCUT2D eigenvalue weighted by Crippen LogP contribution is -2.17. The minimum Gasteiger partial charge on any atom is -0.324 e.